The van der Waals surface area contributed by atoms with E-state index < -0.39 is 34.2 Å². The Morgan fingerprint density at radius 2 is 1.67 bits per heavy atom. The fourth-order valence-electron chi connectivity index (χ4n) is 2.77. The van der Waals surface area contributed by atoms with Gasteiger partial charge in [-0.25, -0.2) is 13.8 Å². The maximum absolute atomic E-state index is 13.2. The third-order valence-corrected chi connectivity index (χ3v) is 6.39. The van der Waals surface area contributed by atoms with E-state index in [1.54, 1.807) is 30.3 Å². The van der Waals surface area contributed by atoms with Crippen LogP contribution in [-0.2, 0) is 21.0 Å². The van der Waals surface area contributed by atoms with Crippen molar-refractivity contribution in [2.75, 3.05) is 10.8 Å². The van der Waals surface area contributed by atoms with Crippen molar-refractivity contribution >= 4 is 39.4 Å². The second-order valence-corrected chi connectivity index (χ2v) is 9.02. The summed E-state index contributed by atoms with van der Waals surface area (Å²) in [5.74, 6) is -0.850. The van der Waals surface area contributed by atoms with Gasteiger partial charge in [-0.15, -0.1) is 0 Å². The van der Waals surface area contributed by atoms with Crippen LogP contribution in [0.25, 0.3) is 0 Å². The molecule has 172 valence electrons. The summed E-state index contributed by atoms with van der Waals surface area (Å²) in [5, 5.41) is 4.27. The summed E-state index contributed by atoms with van der Waals surface area (Å²) in [6, 6.07) is 17.4. The van der Waals surface area contributed by atoms with Crippen LogP contribution in [0.15, 0.2) is 88.9 Å². The van der Waals surface area contributed by atoms with Crippen molar-refractivity contribution in [1.82, 2.24) is 5.43 Å². The maximum atomic E-state index is 13.2. The van der Waals surface area contributed by atoms with Gasteiger partial charge < -0.3 is 0 Å². The summed E-state index contributed by atoms with van der Waals surface area (Å²) in [5.41, 5.74) is 1.44. The fourth-order valence-corrected chi connectivity index (χ4v) is 4.33. The van der Waals surface area contributed by atoms with Crippen LogP contribution in [0.1, 0.15) is 11.1 Å². The average Bonchev–Trinajstić information content (AvgIpc) is 2.79. The molecule has 0 aliphatic carbocycles. The van der Waals surface area contributed by atoms with Crippen molar-refractivity contribution in [3.8, 4) is 0 Å². The molecule has 0 fully saturated rings. The number of hydrazone groups is 1. The predicted molar refractivity (Wildman–Crippen MR) is 120 cm³/mol. The van der Waals surface area contributed by atoms with Crippen molar-refractivity contribution in [2.24, 2.45) is 5.10 Å². The molecule has 1 N–H and O–H groups in total. The number of anilines is 1. The molecule has 0 aliphatic rings. The van der Waals surface area contributed by atoms with E-state index in [0.29, 0.717) is 21.0 Å². The zero-order valence-electron chi connectivity index (χ0n) is 16.8. The van der Waals surface area contributed by atoms with E-state index in [9.17, 15) is 26.4 Å². The van der Waals surface area contributed by atoms with Gasteiger partial charge in [-0.2, -0.15) is 18.3 Å². The predicted octanol–water partition coefficient (Wildman–Crippen LogP) is 4.70. The molecule has 1 amide bonds. The minimum atomic E-state index is -4.69. The van der Waals surface area contributed by atoms with E-state index in [0.717, 1.165) is 12.1 Å². The molecule has 0 aromatic heterocycles. The van der Waals surface area contributed by atoms with Crippen LogP contribution >= 0.6 is 11.6 Å². The minimum Gasteiger partial charge on any atom is -0.271 e. The van der Waals surface area contributed by atoms with Crippen LogP contribution in [0.5, 0.6) is 0 Å². The van der Waals surface area contributed by atoms with Gasteiger partial charge in [0.15, 0.2) is 0 Å². The number of nitrogens with one attached hydrogen (secondary N) is 1. The first-order chi connectivity index (χ1) is 15.6. The second kappa shape index (κ2) is 10.1. The van der Waals surface area contributed by atoms with Crippen LogP contribution in [0.2, 0.25) is 5.02 Å². The summed E-state index contributed by atoms with van der Waals surface area (Å²) in [6.45, 7) is -0.795. The summed E-state index contributed by atoms with van der Waals surface area (Å²) in [4.78, 5) is 12.3. The third-order valence-electron chi connectivity index (χ3n) is 4.35. The molecule has 0 atom stereocenters. The molecular formula is C22H17ClF3N3O3S. The minimum absolute atomic E-state index is 0.181. The Balaban J connectivity index is 1.89. The molecular weight excluding hydrogens is 479 g/mol. The first-order valence-corrected chi connectivity index (χ1v) is 11.2. The monoisotopic (exact) mass is 495 g/mol. The summed E-state index contributed by atoms with van der Waals surface area (Å²) >= 11 is 5.80. The lowest BCUT2D eigenvalue weighted by atomic mass is 10.2. The summed E-state index contributed by atoms with van der Waals surface area (Å²) in [6.07, 6.45) is -3.38. The van der Waals surface area contributed by atoms with Gasteiger partial charge in [0.2, 0.25) is 0 Å². The van der Waals surface area contributed by atoms with Gasteiger partial charge in [0.05, 0.1) is 22.4 Å². The Morgan fingerprint density at radius 1 is 1.00 bits per heavy atom. The highest BCUT2D eigenvalue weighted by molar-refractivity contribution is 7.92. The van der Waals surface area contributed by atoms with E-state index in [-0.39, 0.29) is 10.6 Å². The van der Waals surface area contributed by atoms with Crippen molar-refractivity contribution in [3.05, 3.63) is 95.0 Å². The molecule has 0 saturated carbocycles. The van der Waals surface area contributed by atoms with Gasteiger partial charge in [0.1, 0.15) is 6.54 Å². The SMILES string of the molecule is O=C(CN(c1cccc(C(F)(F)F)c1)S(=O)(=O)c1ccccc1)N/N=C\c1ccc(Cl)cc1. The number of hydrogen-bond donors (Lipinski definition) is 1. The van der Waals surface area contributed by atoms with E-state index in [4.69, 9.17) is 11.6 Å². The molecule has 0 saturated heterocycles. The molecule has 0 heterocycles. The molecule has 3 aromatic carbocycles. The van der Waals surface area contributed by atoms with Crippen LogP contribution in [0.3, 0.4) is 0 Å². The number of amides is 1. The largest absolute Gasteiger partial charge is 0.416 e. The van der Waals surface area contributed by atoms with Gasteiger partial charge in [-0.05, 0) is 48.0 Å². The molecule has 11 heteroatoms. The van der Waals surface area contributed by atoms with Gasteiger partial charge >= 0.3 is 6.18 Å². The highest BCUT2D eigenvalue weighted by Crippen LogP contribution is 2.33. The second-order valence-electron chi connectivity index (χ2n) is 6.72. The van der Waals surface area contributed by atoms with Gasteiger partial charge in [0.25, 0.3) is 15.9 Å². The third kappa shape index (κ3) is 6.33. The lowest BCUT2D eigenvalue weighted by molar-refractivity contribution is -0.137. The highest BCUT2D eigenvalue weighted by Gasteiger charge is 2.33. The van der Waals surface area contributed by atoms with Crippen molar-refractivity contribution < 1.29 is 26.4 Å². The molecule has 33 heavy (non-hydrogen) atoms. The molecule has 0 unspecified atom stereocenters. The molecule has 0 spiro atoms. The van der Waals surface area contributed by atoms with Gasteiger partial charge in [-0.1, -0.05) is 48.0 Å². The van der Waals surface area contributed by atoms with Crippen molar-refractivity contribution in [3.63, 3.8) is 0 Å². The Labute approximate surface area is 193 Å². The summed E-state index contributed by atoms with van der Waals surface area (Å²) < 4.78 is 66.5. The molecule has 0 radical (unpaired) electrons. The Morgan fingerprint density at radius 3 is 2.30 bits per heavy atom. The fraction of sp³-hybridized carbons (Fsp3) is 0.0909. The number of hydrogen-bond acceptors (Lipinski definition) is 4. The lowest BCUT2D eigenvalue weighted by Gasteiger charge is -2.24. The zero-order chi connectivity index (χ0) is 24.1. The highest BCUT2D eigenvalue weighted by atomic mass is 35.5. The number of alkyl halides is 3. The van der Waals surface area contributed by atoms with E-state index in [1.807, 2.05) is 0 Å². The number of nitrogens with zero attached hydrogens (tertiary/aromatic N) is 2. The Hall–Kier alpha value is -3.37. The first kappa shape index (κ1) is 24.3. The smallest absolute Gasteiger partial charge is 0.271 e. The van der Waals surface area contributed by atoms with Crippen molar-refractivity contribution in [1.29, 1.82) is 0 Å². The van der Waals surface area contributed by atoms with E-state index in [2.05, 4.69) is 10.5 Å². The molecule has 6 nitrogen and oxygen atoms in total. The van der Waals surface area contributed by atoms with Gasteiger partial charge in [0, 0.05) is 5.02 Å². The average molecular weight is 496 g/mol. The van der Waals surface area contributed by atoms with Crippen LogP contribution in [0, 0.1) is 0 Å². The van der Waals surface area contributed by atoms with E-state index >= 15 is 0 Å². The quantitative estimate of drug-likeness (QED) is 0.381. The zero-order valence-corrected chi connectivity index (χ0v) is 18.4. The standard InChI is InChI=1S/C22H17ClF3N3O3S/c23-18-11-9-16(10-12-18)14-27-28-21(30)15-29(33(31,32)20-7-2-1-3-8-20)19-6-4-5-17(13-19)22(24,25)26/h1-14H,15H2,(H,28,30)/b27-14-. The number of rotatable bonds is 7. The molecule has 0 bridgehead atoms. The molecule has 3 rings (SSSR count). The number of sulfonamides is 1. The Kier molecular flexibility index (Phi) is 7.39. The van der Waals surface area contributed by atoms with Crippen LogP contribution < -0.4 is 9.73 Å². The van der Waals surface area contributed by atoms with Crippen molar-refractivity contribution in [2.45, 2.75) is 11.1 Å². The van der Waals surface area contributed by atoms with E-state index in [1.165, 1.54) is 36.5 Å². The normalized spacial score (nSPS) is 12.0. The molecule has 3 aromatic rings. The maximum Gasteiger partial charge on any atom is 0.416 e. The topological polar surface area (TPSA) is 78.8 Å². The van der Waals surface area contributed by atoms with Crippen LogP contribution in [-0.4, -0.2) is 27.1 Å². The summed E-state index contributed by atoms with van der Waals surface area (Å²) in [7, 11) is -4.35. The number of benzene rings is 3. The van der Waals surface area contributed by atoms with Gasteiger partial charge in [-0.3, -0.25) is 9.10 Å². The number of halogens is 4. The molecule has 0 aliphatic heterocycles. The first-order valence-electron chi connectivity index (χ1n) is 9.40. The number of carbonyl (C=O) groups excluding carboxylic acids is 1. The number of carbonyl (C=O) groups is 1. The van der Waals surface area contributed by atoms with Crippen LogP contribution in [0.4, 0.5) is 18.9 Å². The lowest BCUT2D eigenvalue weighted by Crippen LogP contribution is -2.39. The Bertz CT molecular complexity index is 1250.